The fourth-order valence-corrected chi connectivity index (χ4v) is 6.56. The minimum absolute atomic E-state index is 0.138. The first kappa shape index (κ1) is 32.9. The Morgan fingerprint density at radius 1 is 0.696 bits per heavy atom. The van der Waals surface area contributed by atoms with Gasteiger partial charge in [-0.3, -0.25) is 9.59 Å². The largest absolute Gasteiger partial charge is 0.469 e. The zero-order valence-corrected chi connectivity index (χ0v) is 28.4. The quantitative estimate of drug-likeness (QED) is 0.232. The number of hydrogen-bond donors (Lipinski definition) is 2. The lowest BCUT2D eigenvalue weighted by Crippen LogP contribution is -2.02. The van der Waals surface area contributed by atoms with Crippen molar-refractivity contribution in [1.82, 2.24) is 19.9 Å². The minimum atomic E-state index is -0.272. The molecule has 0 aromatic carbocycles. The van der Waals surface area contributed by atoms with Gasteiger partial charge in [-0.1, -0.05) is 6.92 Å². The lowest BCUT2D eigenvalue weighted by molar-refractivity contribution is -0.141. The number of aromatic nitrogens is 4. The molecule has 9 nitrogen and oxygen atoms in total. The number of H-pyrrole nitrogens is 2. The third kappa shape index (κ3) is 6.16. The van der Waals surface area contributed by atoms with Crippen LogP contribution in [-0.4, -0.2) is 53.2 Å². The second-order valence-corrected chi connectivity index (χ2v) is 12.0. The van der Waals surface area contributed by atoms with Gasteiger partial charge in [0, 0.05) is 47.6 Å². The number of nitrogens with one attached hydrogen (secondary N) is 2. The third-order valence-corrected chi connectivity index (χ3v) is 9.44. The Balaban J connectivity index is 1.91. The SMILES string of the molecule is CCC1=C(C)c2cc3nc(cc4[nH]c(cc5[nH]c(cc1n2)c(C(C)OC)c5C)c(C)c4CCC(=O)OC)C(CCC(=O)OC)=C3C. The van der Waals surface area contributed by atoms with Crippen LogP contribution in [0, 0.1) is 13.8 Å². The molecule has 0 spiro atoms. The van der Waals surface area contributed by atoms with E-state index >= 15 is 0 Å². The van der Waals surface area contributed by atoms with E-state index in [2.05, 4.69) is 56.7 Å². The Morgan fingerprint density at radius 2 is 1.24 bits per heavy atom. The van der Waals surface area contributed by atoms with Crippen molar-refractivity contribution in [2.45, 2.75) is 79.8 Å². The molecule has 2 N–H and O–H groups in total. The van der Waals surface area contributed by atoms with Crippen LogP contribution in [0.1, 0.15) is 105 Å². The Hall–Kier alpha value is -4.50. The standard InChI is InChI=1S/C37H44N4O5/c1-10-24-19(2)27-15-28-20(3)25(11-13-35(42)45-8)32(39-28)17-33-26(12-14-36(43)46-9)21(4)29(40-33)16-30-22(5)37(23(6)44-7)34(41-30)18-31(24)38-27/h15-18,23,40-41H,10-14H2,1-9H3. The van der Waals surface area contributed by atoms with E-state index in [4.69, 9.17) is 24.2 Å². The monoisotopic (exact) mass is 624 g/mol. The summed E-state index contributed by atoms with van der Waals surface area (Å²) >= 11 is 0. The van der Waals surface area contributed by atoms with E-state index < -0.39 is 0 Å². The smallest absolute Gasteiger partial charge is 0.305 e. The number of aromatic amines is 2. The number of carbonyl (C=O) groups is 2. The van der Waals surface area contributed by atoms with E-state index in [-0.39, 0.29) is 30.9 Å². The zero-order chi connectivity index (χ0) is 33.3. The Kier molecular flexibility index (Phi) is 9.63. The van der Waals surface area contributed by atoms with Crippen molar-refractivity contribution in [3.63, 3.8) is 0 Å². The highest BCUT2D eigenvalue weighted by molar-refractivity contribution is 5.96. The molecule has 3 aromatic heterocycles. The molecular weight excluding hydrogens is 580 g/mol. The average Bonchev–Trinajstić information content (AvgIpc) is 3.71. The van der Waals surface area contributed by atoms with Crippen molar-refractivity contribution >= 4 is 56.3 Å². The first-order valence-electron chi connectivity index (χ1n) is 15.8. The summed E-state index contributed by atoms with van der Waals surface area (Å²) in [7, 11) is 4.54. The van der Waals surface area contributed by atoms with E-state index in [0.717, 1.165) is 90.2 Å². The highest BCUT2D eigenvalue weighted by atomic mass is 16.5. The number of aryl methyl sites for hydroxylation is 3. The maximum absolute atomic E-state index is 12.2. The van der Waals surface area contributed by atoms with Crippen LogP contribution in [0.4, 0.5) is 0 Å². The lowest BCUT2D eigenvalue weighted by atomic mass is 9.99. The summed E-state index contributed by atoms with van der Waals surface area (Å²) in [5.41, 5.74) is 15.6. The third-order valence-electron chi connectivity index (χ3n) is 9.44. The van der Waals surface area contributed by atoms with Gasteiger partial charge in [0.2, 0.25) is 0 Å². The summed E-state index contributed by atoms with van der Waals surface area (Å²) < 4.78 is 15.8. The van der Waals surface area contributed by atoms with E-state index in [9.17, 15) is 9.59 Å². The summed E-state index contributed by atoms with van der Waals surface area (Å²) in [5, 5.41) is 0. The molecule has 0 amide bonds. The summed E-state index contributed by atoms with van der Waals surface area (Å²) in [6, 6.07) is 8.33. The fraction of sp³-hybridized carbons (Fsp3) is 0.405. The van der Waals surface area contributed by atoms with Gasteiger partial charge >= 0.3 is 11.9 Å². The summed E-state index contributed by atoms with van der Waals surface area (Å²) in [5.74, 6) is -0.541. The topological polar surface area (TPSA) is 119 Å². The van der Waals surface area contributed by atoms with Crippen molar-refractivity contribution in [3.05, 3.63) is 69.3 Å². The first-order valence-corrected chi connectivity index (χ1v) is 15.8. The molecule has 0 saturated carbocycles. The molecule has 9 heteroatoms. The summed E-state index contributed by atoms with van der Waals surface area (Å²) in [4.78, 5) is 41.9. The predicted octanol–water partition coefficient (Wildman–Crippen LogP) is 7.97. The summed E-state index contributed by atoms with van der Waals surface area (Å²) in [6.07, 6.45) is 2.17. The molecule has 8 bridgehead atoms. The molecule has 46 heavy (non-hydrogen) atoms. The highest BCUT2D eigenvalue weighted by Crippen LogP contribution is 2.38. The molecule has 5 rings (SSSR count). The van der Waals surface area contributed by atoms with Gasteiger partial charge in [-0.2, -0.15) is 0 Å². The normalized spacial score (nSPS) is 13.8. The highest BCUT2D eigenvalue weighted by Gasteiger charge is 2.23. The number of nitrogens with zero attached hydrogens (tertiary/aromatic N) is 2. The number of fused-ring (bicyclic) bond motifs is 8. The zero-order valence-electron chi connectivity index (χ0n) is 28.4. The number of rotatable bonds is 9. The molecule has 0 aliphatic carbocycles. The van der Waals surface area contributed by atoms with Gasteiger partial charge in [0.25, 0.3) is 0 Å². The number of ether oxygens (including phenoxy) is 3. The van der Waals surface area contributed by atoms with Gasteiger partial charge < -0.3 is 24.2 Å². The van der Waals surface area contributed by atoms with Gasteiger partial charge in [0.05, 0.1) is 43.1 Å². The minimum Gasteiger partial charge on any atom is -0.469 e. The van der Waals surface area contributed by atoms with Gasteiger partial charge in [-0.15, -0.1) is 0 Å². The molecule has 2 aliphatic rings. The van der Waals surface area contributed by atoms with Gasteiger partial charge in [0.1, 0.15) is 0 Å². The second-order valence-electron chi connectivity index (χ2n) is 12.0. The molecule has 1 unspecified atom stereocenters. The Bertz CT molecular complexity index is 1940. The van der Waals surface area contributed by atoms with Crippen LogP contribution in [-0.2, 0) is 30.2 Å². The number of allylic oxidation sites excluding steroid dienone is 4. The lowest BCUT2D eigenvalue weighted by Gasteiger charge is -2.09. The molecule has 1 atom stereocenters. The van der Waals surface area contributed by atoms with Gasteiger partial charge in [-0.25, -0.2) is 9.97 Å². The van der Waals surface area contributed by atoms with E-state index in [1.165, 1.54) is 19.8 Å². The molecule has 0 fully saturated rings. The molecule has 5 heterocycles. The van der Waals surface area contributed by atoms with Crippen LogP contribution in [0.5, 0.6) is 0 Å². The number of hydrogen-bond acceptors (Lipinski definition) is 7. The number of methoxy groups -OCH3 is 3. The number of carbonyl (C=O) groups excluding carboxylic acids is 2. The molecule has 3 aromatic rings. The van der Waals surface area contributed by atoms with Crippen LogP contribution >= 0.6 is 0 Å². The number of esters is 2. The van der Waals surface area contributed by atoms with Crippen LogP contribution < -0.4 is 0 Å². The molecule has 0 saturated heterocycles. The maximum Gasteiger partial charge on any atom is 0.305 e. The van der Waals surface area contributed by atoms with Gasteiger partial charge in [0.15, 0.2) is 0 Å². The van der Waals surface area contributed by atoms with Crippen molar-refractivity contribution in [2.75, 3.05) is 21.3 Å². The maximum atomic E-state index is 12.2. The van der Waals surface area contributed by atoms with Crippen LogP contribution in [0.15, 0.2) is 24.3 Å². The molecule has 0 radical (unpaired) electrons. The van der Waals surface area contributed by atoms with Crippen LogP contribution in [0.2, 0.25) is 0 Å². The fourth-order valence-electron chi connectivity index (χ4n) is 6.56. The van der Waals surface area contributed by atoms with Crippen molar-refractivity contribution in [3.8, 4) is 0 Å². The van der Waals surface area contributed by atoms with Crippen molar-refractivity contribution in [1.29, 1.82) is 0 Å². The molecule has 242 valence electrons. The van der Waals surface area contributed by atoms with E-state index in [0.29, 0.717) is 12.8 Å². The van der Waals surface area contributed by atoms with E-state index in [1.54, 1.807) is 7.11 Å². The Morgan fingerprint density at radius 3 is 1.85 bits per heavy atom. The van der Waals surface area contributed by atoms with Crippen molar-refractivity contribution in [2.24, 2.45) is 0 Å². The molecular formula is C37H44N4O5. The Labute approximate surface area is 270 Å². The van der Waals surface area contributed by atoms with Gasteiger partial charge in [-0.05, 0) is 117 Å². The summed E-state index contributed by atoms with van der Waals surface area (Å²) in [6.45, 7) is 12.5. The molecule has 2 aliphatic heterocycles. The van der Waals surface area contributed by atoms with Crippen LogP contribution in [0.25, 0.3) is 44.4 Å². The first-order chi connectivity index (χ1) is 22.0. The van der Waals surface area contributed by atoms with E-state index in [1.807, 2.05) is 19.1 Å². The average molecular weight is 625 g/mol. The van der Waals surface area contributed by atoms with Crippen molar-refractivity contribution < 1.29 is 23.8 Å². The van der Waals surface area contributed by atoms with Crippen LogP contribution in [0.3, 0.4) is 0 Å². The predicted molar refractivity (Wildman–Crippen MR) is 183 cm³/mol. The second kappa shape index (κ2) is 13.5.